The Kier molecular flexibility index (Phi) is 3.72. The minimum atomic E-state index is -0.804. The second kappa shape index (κ2) is 5.44. The van der Waals surface area contributed by atoms with Crippen LogP contribution in [0.3, 0.4) is 0 Å². The molecular weight excluding hydrogens is 230 g/mol. The van der Waals surface area contributed by atoms with E-state index >= 15 is 0 Å². The fourth-order valence-corrected chi connectivity index (χ4v) is 1.87. The molecular formula is C13H15N3O2. The van der Waals surface area contributed by atoms with Gasteiger partial charge in [0.15, 0.2) is 0 Å². The predicted molar refractivity (Wildman–Crippen MR) is 66.0 cm³/mol. The summed E-state index contributed by atoms with van der Waals surface area (Å²) in [6.07, 6.45) is 2.33. The van der Waals surface area contributed by atoms with Crippen LogP contribution in [0.5, 0.6) is 0 Å². The van der Waals surface area contributed by atoms with Crippen LogP contribution in [0.25, 0.3) is 0 Å². The molecule has 5 heteroatoms. The number of aryl methyl sites for hydroxylation is 1. The number of aliphatic carboxylic acids is 1. The first-order valence-corrected chi connectivity index (χ1v) is 5.76. The van der Waals surface area contributed by atoms with Crippen LogP contribution in [-0.4, -0.2) is 25.8 Å². The van der Waals surface area contributed by atoms with E-state index in [1.165, 1.54) is 6.33 Å². The third kappa shape index (κ3) is 2.94. The maximum Gasteiger partial charge on any atom is 0.307 e. The van der Waals surface area contributed by atoms with Gasteiger partial charge in [0.25, 0.3) is 0 Å². The number of carbonyl (C=O) groups is 1. The Morgan fingerprint density at radius 1 is 1.33 bits per heavy atom. The predicted octanol–water partition coefficient (Wildman–Crippen LogP) is 1.30. The molecule has 0 spiro atoms. The largest absolute Gasteiger partial charge is 0.481 e. The summed E-state index contributed by atoms with van der Waals surface area (Å²) in [6, 6.07) is 9.62. The molecule has 94 valence electrons. The van der Waals surface area contributed by atoms with Crippen molar-refractivity contribution in [2.45, 2.75) is 12.8 Å². The lowest BCUT2D eigenvalue weighted by atomic mass is 9.96. The summed E-state index contributed by atoms with van der Waals surface area (Å²) in [6.45, 7) is 0. The second-order valence-electron chi connectivity index (χ2n) is 4.23. The molecule has 0 saturated heterocycles. The van der Waals surface area contributed by atoms with Gasteiger partial charge in [0.05, 0.1) is 5.92 Å². The van der Waals surface area contributed by atoms with Crippen molar-refractivity contribution in [1.82, 2.24) is 14.8 Å². The summed E-state index contributed by atoms with van der Waals surface area (Å²) in [7, 11) is 1.77. The SMILES string of the molecule is Cn1ncnc1CC(Cc1ccccc1)C(=O)O. The normalized spacial score (nSPS) is 12.3. The summed E-state index contributed by atoms with van der Waals surface area (Å²) in [5.41, 5.74) is 1.02. The quantitative estimate of drug-likeness (QED) is 0.862. The number of hydrogen-bond acceptors (Lipinski definition) is 3. The Bertz CT molecular complexity index is 522. The van der Waals surface area contributed by atoms with Gasteiger partial charge in [0.2, 0.25) is 0 Å². The average molecular weight is 245 g/mol. The van der Waals surface area contributed by atoms with E-state index in [-0.39, 0.29) is 0 Å². The lowest BCUT2D eigenvalue weighted by Crippen LogP contribution is -2.21. The van der Waals surface area contributed by atoms with Crippen molar-refractivity contribution in [2.75, 3.05) is 0 Å². The fourth-order valence-electron chi connectivity index (χ4n) is 1.87. The molecule has 1 atom stereocenters. The molecule has 1 heterocycles. The third-order valence-electron chi connectivity index (χ3n) is 2.91. The number of benzene rings is 1. The van der Waals surface area contributed by atoms with Crippen molar-refractivity contribution in [2.24, 2.45) is 13.0 Å². The highest BCUT2D eigenvalue weighted by Gasteiger charge is 2.20. The highest BCUT2D eigenvalue weighted by molar-refractivity contribution is 5.70. The first-order chi connectivity index (χ1) is 8.66. The summed E-state index contributed by atoms with van der Waals surface area (Å²) < 4.78 is 1.61. The smallest absolute Gasteiger partial charge is 0.307 e. The first-order valence-electron chi connectivity index (χ1n) is 5.76. The summed E-state index contributed by atoms with van der Waals surface area (Å²) >= 11 is 0. The van der Waals surface area contributed by atoms with Gasteiger partial charge in [-0.2, -0.15) is 5.10 Å². The zero-order valence-electron chi connectivity index (χ0n) is 10.2. The van der Waals surface area contributed by atoms with Crippen LogP contribution in [0.1, 0.15) is 11.4 Å². The van der Waals surface area contributed by atoms with E-state index in [1.54, 1.807) is 11.7 Å². The average Bonchev–Trinajstić information content (AvgIpc) is 2.75. The second-order valence-corrected chi connectivity index (χ2v) is 4.23. The Labute approximate surface area is 105 Å². The van der Waals surface area contributed by atoms with E-state index in [9.17, 15) is 9.90 Å². The standard InChI is InChI=1S/C13H15N3O2/c1-16-12(14-9-15-16)8-11(13(17)18)7-10-5-3-2-4-6-10/h2-6,9,11H,7-8H2,1H3,(H,17,18). The minimum absolute atomic E-state index is 0.390. The van der Waals surface area contributed by atoms with E-state index < -0.39 is 11.9 Å². The van der Waals surface area contributed by atoms with Crippen LogP contribution >= 0.6 is 0 Å². The van der Waals surface area contributed by atoms with Crippen LogP contribution in [0, 0.1) is 5.92 Å². The molecule has 0 amide bonds. The van der Waals surface area contributed by atoms with Gasteiger partial charge in [0, 0.05) is 13.5 Å². The Hall–Kier alpha value is -2.17. The molecule has 0 bridgehead atoms. The lowest BCUT2D eigenvalue weighted by Gasteiger charge is -2.11. The highest BCUT2D eigenvalue weighted by Crippen LogP contribution is 2.13. The molecule has 0 aliphatic heterocycles. The molecule has 1 unspecified atom stereocenters. The number of nitrogens with zero attached hydrogens (tertiary/aromatic N) is 3. The van der Waals surface area contributed by atoms with E-state index in [1.807, 2.05) is 30.3 Å². The number of carboxylic acid groups (broad SMARTS) is 1. The molecule has 1 aromatic heterocycles. The highest BCUT2D eigenvalue weighted by atomic mass is 16.4. The van der Waals surface area contributed by atoms with Gasteiger partial charge in [-0.25, -0.2) is 4.98 Å². The molecule has 0 fully saturated rings. The molecule has 0 aliphatic rings. The number of aromatic nitrogens is 3. The van der Waals surface area contributed by atoms with Gasteiger partial charge < -0.3 is 5.11 Å². The summed E-state index contributed by atoms with van der Waals surface area (Å²) in [5.74, 6) is -0.588. The van der Waals surface area contributed by atoms with Gasteiger partial charge in [-0.1, -0.05) is 30.3 Å². The molecule has 1 N–H and O–H groups in total. The van der Waals surface area contributed by atoms with E-state index in [4.69, 9.17) is 0 Å². The fraction of sp³-hybridized carbons (Fsp3) is 0.308. The number of hydrogen-bond donors (Lipinski definition) is 1. The molecule has 2 rings (SSSR count). The summed E-state index contributed by atoms with van der Waals surface area (Å²) in [4.78, 5) is 15.4. The van der Waals surface area contributed by atoms with Crippen molar-refractivity contribution < 1.29 is 9.90 Å². The minimum Gasteiger partial charge on any atom is -0.481 e. The van der Waals surface area contributed by atoms with Gasteiger partial charge in [-0.3, -0.25) is 9.48 Å². The maximum atomic E-state index is 11.3. The molecule has 1 aromatic carbocycles. The van der Waals surface area contributed by atoms with Crippen LogP contribution < -0.4 is 0 Å². The van der Waals surface area contributed by atoms with Crippen molar-refractivity contribution in [3.63, 3.8) is 0 Å². The zero-order chi connectivity index (χ0) is 13.0. The molecule has 0 radical (unpaired) electrons. The molecule has 2 aromatic rings. The van der Waals surface area contributed by atoms with Crippen LogP contribution in [0.2, 0.25) is 0 Å². The van der Waals surface area contributed by atoms with Crippen molar-refractivity contribution in [3.05, 3.63) is 48.0 Å². The maximum absolute atomic E-state index is 11.3. The third-order valence-corrected chi connectivity index (χ3v) is 2.91. The van der Waals surface area contributed by atoms with E-state index in [0.29, 0.717) is 18.7 Å². The monoisotopic (exact) mass is 245 g/mol. The van der Waals surface area contributed by atoms with E-state index in [0.717, 1.165) is 5.56 Å². The lowest BCUT2D eigenvalue weighted by molar-refractivity contribution is -0.141. The molecule has 0 saturated carbocycles. The van der Waals surface area contributed by atoms with Crippen LogP contribution in [-0.2, 0) is 24.7 Å². The van der Waals surface area contributed by atoms with Crippen molar-refractivity contribution in [3.8, 4) is 0 Å². The Morgan fingerprint density at radius 3 is 2.61 bits per heavy atom. The van der Waals surface area contributed by atoms with Gasteiger partial charge in [-0.05, 0) is 12.0 Å². The summed E-state index contributed by atoms with van der Waals surface area (Å²) in [5, 5.41) is 13.2. The van der Waals surface area contributed by atoms with Crippen LogP contribution in [0.15, 0.2) is 36.7 Å². The van der Waals surface area contributed by atoms with Crippen molar-refractivity contribution in [1.29, 1.82) is 0 Å². The molecule has 0 aliphatic carbocycles. The topological polar surface area (TPSA) is 68.0 Å². The van der Waals surface area contributed by atoms with Crippen molar-refractivity contribution >= 4 is 5.97 Å². The van der Waals surface area contributed by atoms with Gasteiger partial charge in [-0.15, -0.1) is 0 Å². The van der Waals surface area contributed by atoms with Crippen LogP contribution in [0.4, 0.5) is 0 Å². The zero-order valence-corrected chi connectivity index (χ0v) is 10.2. The molecule has 5 nitrogen and oxygen atoms in total. The first kappa shape index (κ1) is 12.3. The number of rotatable bonds is 5. The van der Waals surface area contributed by atoms with E-state index in [2.05, 4.69) is 10.1 Å². The Morgan fingerprint density at radius 2 is 2.06 bits per heavy atom. The Balaban J connectivity index is 2.10. The number of carboxylic acids is 1. The van der Waals surface area contributed by atoms with Gasteiger partial charge >= 0.3 is 5.97 Å². The van der Waals surface area contributed by atoms with Gasteiger partial charge in [0.1, 0.15) is 12.2 Å². The molecule has 18 heavy (non-hydrogen) atoms.